The Morgan fingerprint density at radius 3 is 2.62 bits per heavy atom. The average Bonchev–Trinajstić information content (AvgIpc) is 3.10. The highest BCUT2D eigenvalue weighted by Gasteiger charge is 2.30. The van der Waals surface area contributed by atoms with Crippen molar-refractivity contribution in [3.8, 4) is 0 Å². The third-order valence-corrected chi connectivity index (χ3v) is 5.03. The molecule has 0 radical (unpaired) electrons. The van der Waals surface area contributed by atoms with Crippen LogP contribution in [0.15, 0.2) is 54.7 Å². The second-order valence-electron chi connectivity index (χ2n) is 6.52. The number of nitrogens with zero attached hydrogens (tertiary/aromatic N) is 1. The molecule has 2 aromatic carbocycles. The number of rotatable bonds is 4. The molecule has 1 atom stereocenters. The first-order valence-corrected chi connectivity index (χ1v) is 9.16. The topological polar surface area (TPSA) is 54.0 Å². The second-order valence-corrected chi connectivity index (χ2v) is 6.93. The predicted molar refractivity (Wildman–Crippen MR) is 112 cm³/mol. The molecule has 29 heavy (non-hydrogen) atoms. The highest BCUT2D eigenvalue weighted by atomic mass is 35.5. The van der Waals surface area contributed by atoms with Gasteiger partial charge in [-0.25, -0.2) is 13.8 Å². The van der Waals surface area contributed by atoms with E-state index in [-0.39, 0.29) is 29.3 Å². The molecule has 1 heterocycles. The van der Waals surface area contributed by atoms with Gasteiger partial charge >= 0.3 is 0 Å². The van der Waals surface area contributed by atoms with E-state index in [4.69, 9.17) is 11.6 Å². The molecule has 2 N–H and O–H groups in total. The lowest BCUT2D eigenvalue weighted by molar-refractivity contribution is 0.102. The molecule has 0 unspecified atom stereocenters. The van der Waals surface area contributed by atoms with Crippen LogP contribution in [-0.2, 0) is 6.42 Å². The average molecular weight is 436 g/mol. The fraction of sp³-hybridized carbons (Fsp3) is 0.143. The Morgan fingerprint density at radius 1 is 1.10 bits per heavy atom. The van der Waals surface area contributed by atoms with E-state index in [1.54, 1.807) is 12.3 Å². The number of fused-ring (bicyclic) bond motifs is 1. The van der Waals surface area contributed by atoms with Crippen molar-refractivity contribution in [2.24, 2.45) is 0 Å². The van der Waals surface area contributed by atoms with E-state index >= 15 is 0 Å². The van der Waals surface area contributed by atoms with Crippen LogP contribution < -0.4 is 10.6 Å². The Balaban J connectivity index is 0.00000240. The molecule has 150 valence electrons. The van der Waals surface area contributed by atoms with E-state index in [2.05, 4.69) is 15.6 Å². The van der Waals surface area contributed by atoms with Gasteiger partial charge in [0.15, 0.2) is 0 Å². The lowest BCUT2D eigenvalue weighted by Crippen LogP contribution is -2.16. The van der Waals surface area contributed by atoms with Crippen molar-refractivity contribution in [2.45, 2.75) is 18.9 Å². The van der Waals surface area contributed by atoms with Crippen molar-refractivity contribution < 1.29 is 13.6 Å². The molecule has 0 spiro atoms. The third kappa shape index (κ3) is 4.33. The van der Waals surface area contributed by atoms with Gasteiger partial charge in [-0.1, -0.05) is 17.7 Å². The van der Waals surface area contributed by atoms with Crippen LogP contribution in [-0.4, -0.2) is 10.9 Å². The first-order valence-electron chi connectivity index (χ1n) is 8.78. The fourth-order valence-electron chi connectivity index (χ4n) is 3.47. The largest absolute Gasteiger partial charge is 0.363 e. The number of hydrogen-bond acceptors (Lipinski definition) is 3. The van der Waals surface area contributed by atoms with Crippen molar-refractivity contribution in [2.75, 3.05) is 10.6 Å². The van der Waals surface area contributed by atoms with Crippen LogP contribution in [0.4, 0.5) is 20.3 Å². The van der Waals surface area contributed by atoms with Crippen molar-refractivity contribution >= 4 is 41.4 Å². The van der Waals surface area contributed by atoms with Crippen molar-refractivity contribution in [3.05, 3.63) is 88.1 Å². The van der Waals surface area contributed by atoms with E-state index in [0.29, 0.717) is 41.0 Å². The Kier molecular flexibility index (Phi) is 6.35. The molecule has 0 fully saturated rings. The number of amides is 1. The van der Waals surface area contributed by atoms with Crippen LogP contribution in [0, 0.1) is 11.6 Å². The standard InChI is InChI=1S/C21H16ClF2N3O.ClH/c22-15-11-12(4-7-16(15)23)26-21(28)14-5-8-17(24)20-13(14)6-9-18(20)27-19-3-1-2-10-25-19;/h1-5,7-8,10-11,18H,6,9H2,(H,25,27)(H,26,28);1H/t18-;/m0./s1. The Bertz CT molecular complexity index is 1050. The predicted octanol–water partition coefficient (Wildman–Crippen LogP) is 5.79. The molecular formula is C21H17Cl2F2N3O. The summed E-state index contributed by atoms with van der Waals surface area (Å²) < 4.78 is 27.9. The molecule has 1 amide bonds. The molecule has 0 saturated carbocycles. The van der Waals surface area contributed by atoms with E-state index in [1.807, 2.05) is 12.1 Å². The van der Waals surface area contributed by atoms with Gasteiger partial charge in [-0.3, -0.25) is 4.79 Å². The number of carbonyl (C=O) groups excluding carboxylic acids is 1. The van der Waals surface area contributed by atoms with Crippen molar-refractivity contribution in [1.82, 2.24) is 4.98 Å². The number of anilines is 2. The maximum atomic E-state index is 14.6. The number of pyridine rings is 1. The quantitative estimate of drug-likeness (QED) is 0.545. The van der Waals surface area contributed by atoms with Gasteiger partial charge in [-0.15, -0.1) is 12.4 Å². The maximum Gasteiger partial charge on any atom is 0.255 e. The number of nitrogens with one attached hydrogen (secondary N) is 2. The minimum absolute atomic E-state index is 0. The maximum absolute atomic E-state index is 14.6. The molecule has 1 aromatic heterocycles. The molecule has 0 saturated heterocycles. The van der Waals surface area contributed by atoms with Crippen LogP contribution in [0.1, 0.15) is 33.9 Å². The molecule has 3 aromatic rings. The molecule has 8 heteroatoms. The Morgan fingerprint density at radius 2 is 1.90 bits per heavy atom. The minimum Gasteiger partial charge on any atom is -0.363 e. The van der Waals surface area contributed by atoms with Gasteiger partial charge in [0, 0.05) is 23.0 Å². The second kappa shape index (κ2) is 8.76. The summed E-state index contributed by atoms with van der Waals surface area (Å²) in [6.45, 7) is 0. The summed E-state index contributed by atoms with van der Waals surface area (Å²) in [5, 5.41) is 5.84. The van der Waals surface area contributed by atoms with Gasteiger partial charge in [-0.05, 0) is 60.9 Å². The number of hydrogen-bond donors (Lipinski definition) is 2. The van der Waals surface area contributed by atoms with E-state index in [9.17, 15) is 13.6 Å². The van der Waals surface area contributed by atoms with E-state index in [0.717, 1.165) is 0 Å². The third-order valence-electron chi connectivity index (χ3n) is 4.74. The molecule has 4 nitrogen and oxygen atoms in total. The van der Waals surface area contributed by atoms with Crippen LogP contribution in [0.2, 0.25) is 5.02 Å². The van der Waals surface area contributed by atoms with Gasteiger partial charge < -0.3 is 10.6 Å². The zero-order valence-corrected chi connectivity index (χ0v) is 16.7. The summed E-state index contributed by atoms with van der Waals surface area (Å²) in [6.07, 6.45) is 2.87. The number of benzene rings is 2. The lowest BCUT2D eigenvalue weighted by Gasteiger charge is -2.16. The fourth-order valence-corrected chi connectivity index (χ4v) is 3.65. The van der Waals surface area contributed by atoms with Crippen LogP contribution >= 0.6 is 24.0 Å². The molecule has 4 rings (SSSR count). The van der Waals surface area contributed by atoms with Gasteiger partial charge in [0.05, 0.1) is 11.1 Å². The Labute approximate surface area is 177 Å². The smallest absolute Gasteiger partial charge is 0.255 e. The van der Waals surface area contributed by atoms with Crippen molar-refractivity contribution in [3.63, 3.8) is 0 Å². The number of halogens is 4. The first kappa shape index (κ1) is 21.0. The summed E-state index contributed by atoms with van der Waals surface area (Å²) in [7, 11) is 0. The molecule has 0 aliphatic heterocycles. The minimum atomic E-state index is -0.564. The zero-order valence-electron chi connectivity index (χ0n) is 15.1. The number of carbonyl (C=O) groups is 1. The molecule has 1 aliphatic carbocycles. The number of aromatic nitrogens is 1. The summed E-state index contributed by atoms with van der Waals surface area (Å²) in [5.41, 5.74) is 1.91. The molecular weight excluding hydrogens is 419 g/mol. The summed E-state index contributed by atoms with van der Waals surface area (Å²) in [4.78, 5) is 17.0. The van der Waals surface area contributed by atoms with Crippen LogP contribution in [0.3, 0.4) is 0 Å². The van der Waals surface area contributed by atoms with Gasteiger partial charge in [0.1, 0.15) is 17.5 Å². The van der Waals surface area contributed by atoms with Crippen LogP contribution in [0.5, 0.6) is 0 Å². The SMILES string of the molecule is Cl.O=C(Nc1ccc(F)c(Cl)c1)c1ccc(F)c2c1CC[C@@H]2Nc1ccccn1. The van der Waals surface area contributed by atoms with Crippen molar-refractivity contribution in [1.29, 1.82) is 0 Å². The lowest BCUT2D eigenvalue weighted by atomic mass is 10.0. The zero-order chi connectivity index (χ0) is 19.7. The molecule has 0 bridgehead atoms. The Hall–Kier alpha value is -2.70. The van der Waals surface area contributed by atoms with Gasteiger partial charge in [-0.2, -0.15) is 0 Å². The van der Waals surface area contributed by atoms with E-state index < -0.39 is 11.7 Å². The van der Waals surface area contributed by atoms with Gasteiger partial charge in [0.2, 0.25) is 0 Å². The molecule has 1 aliphatic rings. The highest BCUT2D eigenvalue weighted by Crippen LogP contribution is 2.37. The summed E-state index contributed by atoms with van der Waals surface area (Å²) in [5.74, 6) is -0.666. The normalized spacial score (nSPS) is 14.7. The summed E-state index contributed by atoms with van der Waals surface area (Å²) >= 11 is 5.76. The monoisotopic (exact) mass is 435 g/mol. The van der Waals surface area contributed by atoms with Gasteiger partial charge in [0.25, 0.3) is 5.91 Å². The van der Waals surface area contributed by atoms with Crippen LogP contribution in [0.25, 0.3) is 0 Å². The first-order chi connectivity index (χ1) is 13.5. The van der Waals surface area contributed by atoms with E-state index in [1.165, 1.54) is 30.3 Å². The highest BCUT2D eigenvalue weighted by molar-refractivity contribution is 6.31. The summed E-state index contributed by atoms with van der Waals surface area (Å²) in [6, 6.07) is 11.9.